The fourth-order valence-corrected chi connectivity index (χ4v) is 1.00. The number of nitrogens with one attached hydrogen (secondary N) is 1. The molecule has 1 amide bonds. The van der Waals surface area contributed by atoms with Gasteiger partial charge in [0.2, 0.25) is 0 Å². The van der Waals surface area contributed by atoms with Gasteiger partial charge in [0.25, 0.3) is 15.6 Å². The van der Waals surface area contributed by atoms with Crippen LogP contribution in [-0.4, -0.2) is 29.9 Å². The second-order valence-electron chi connectivity index (χ2n) is 3.01. The molecule has 0 aromatic carbocycles. The van der Waals surface area contributed by atoms with Crippen molar-refractivity contribution in [3.8, 4) is 0 Å². The SMILES string of the molecule is CCCCn1nnc(NC(=O)C(Cl)(Cl)Cl)n1. The number of carbonyl (C=O) groups excluding carboxylic acids is 1. The van der Waals surface area contributed by atoms with Gasteiger partial charge in [-0.1, -0.05) is 53.2 Å². The number of aryl methyl sites for hydroxylation is 1. The maximum Gasteiger partial charge on any atom is 0.278 e. The van der Waals surface area contributed by atoms with Crippen molar-refractivity contribution in [2.24, 2.45) is 0 Å². The Bertz CT molecular complexity index is 361. The summed E-state index contributed by atoms with van der Waals surface area (Å²) in [5.41, 5.74) is 0. The molecule has 9 heteroatoms. The molecule has 1 rings (SSSR count). The van der Waals surface area contributed by atoms with E-state index >= 15 is 0 Å². The third-order valence-electron chi connectivity index (χ3n) is 1.65. The lowest BCUT2D eigenvalue weighted by Crippen LogP contribution is -2.27. The molecule has 0 saturated heterocycles. The second-order valence-corrected chi connectivity index (χ2v) is 5.30. The number of hydrogen-bond donors (Lipinski definition) is 1. The minimum absolute atomic E-state index is 0.0208. The molecule has 1 N–H and O–H groups in total. The topological polar surface area (TPSA) is 72.7 Å². The summed E-state index contributed by atoms with van der Waals surface area (Å²) in [6.07, 6.45) is 1.94. The number of aromatic nitrogens is 4. The highest BCUT2D eigenvalue weighted by atomic mass is 35.6. The third kappa shape index (κ3) is 4.11. The first-order valence-electron chi connectivity index (χ1n) is 4.59. The molecule has 0 aliphatic rings. The number of amides is 1. The Morgan fingerprint density at radius 1 is 1.50 bits per heavy atom. The molecular weight excluding hydrogens is 276 g/mol. The average Bonchev–Trinajstić information content (AvgIpc) is 2.61. The molecule has 1 aromatic heterocycles. The molecular formula is C7H10Cl3N5O. The molecule has 0 aliphatic heterocycles. The summed E-state index contributed by atoms with van der Waals surface area (Å²) in [5.74, 6) is -0.792. The first-order valence-corrected chi connectivity index (χ1v) is 5.73. The Kier molecular flexibility index (Phi) is 4.76. The number of nitrogens with zero attached hydrogens (tertiary/aromatic N) is 4. The fourth-order valence-electron chi connectivity index (χ4n) is 0.860. The molecule has 0 spiro atoms. The van der Waals surface area contributed by atoms with E-state index in [-0.39, 0.29) is 5.95 Å². The maximum absolute atomic E-state index is 11.2. The molecule has 0 fully saturated rings. The molecule has 1 heterocycles. The van der Waals surface area contributed by atoms with E-state index in [0.717, 1.165) is 12.8 Å². The largest absolute Gasteiger partial charge is 0.288 e. The van der Waals surface area contributed by atoms with E-state index in [9.17, 15) is 4.79 Å². The van der Waals surface area contributed by atoms with Gasteiger partial charge in [-0.15, -0.1) is 5.10 Å². The van der Waals surface area contributed by atoms with Crippen LogP contribution in [0.4, 0.5) is 5.95 Å². The van der Waals surface area contributed by atoms with E-state index < -0.39 is 9.70 Å². The lowest BCUT2D eigenvalue weighted by atomic mass is 10.3. The third-order valence-corrected chi connectivity index (χ3v) is 2.16. The van der Waals surface area contributed by atoms with Crippen LogP contribution in [-0.2, 0) is 11.3 Å². The smallest absolute Gasteiger partial charge is 0.278 e. The normalized spacial score (nSPS) is 11.5. The standard InChI is InChI=1S/C7H10Cl3N5O/c1-2-3-4-15-13-6(12-14-15)11-5(16)7(8,9)10/h2-4H2,1H3,(H,11,13,16). The summed E-state index contributed by atoms with van der Waals surface area (Å²) in [7, 11) is 0. The lowest BCUT2D eigenvalue weighted by Gasteiger charge is -2.07. The first-order chi connectivity index (χ1) is 7.43. The highest BCUT2D eigenvalue weighted by Gasteiger charge is 2.31. The van der Waals surface area contributed by atoms with E-state index in [4.69, 9.17) is 34.8 Å². The summed E-state index contributed by atoms with van der Waals surface area (Å²) in [5, 5.41) is 13.4. The zero-order chi connectivity index (χ0) is 12.2. The number of alkyl halides is 3. The molecule has 6 nitrogen and oxygen atoms in total. The quantitative estimate of drug-likeness (QED) is 0.856. The van der Waals surface area contributed by atoms with E-state index in [2.05, 4.69) is 20.7 Å². The number of hydrogen-bond acceptors (Lipinski definition) is 4. The van der Waals surface area contributed by atoms with E-state index in [1.54, 1.807) is 0 Å². The van der Waals surface area contributed by atoms with Crippen LogP contribution in [0.2, 0.25) is 0 Å². The van der Waals surface area contributed by atoms with Gasteiger partial charge in [-0.25, -0.2) is 0 Å². The molecule has 0 saturated carbocycles. The van der Waals surface area contributed by atoms with Crippen molar-refractivity contribution in [2.45, 2.75) is 30.1 Å². The van der Waals surface area contributed by atoms with Crippen LogP contribution in [0.15, 0.2) is 0 Å². The molecule has 0 bridgehead atoms. The van der Waals surface area contributed by atoms with E-state index in [1.165, 1.54) is 4.80 Å². The van der Waals surface area contributed by atoms with Crippen molar-refractivity contribution >= 4 is 46.7 Å². The molecule has 0 radical (unpaired) electrons. The molecule has 0 aliphatic carbocycles. The van der Waals surface area contributed by atoms with Gasteiger partial charge in [0.15, 0.2) is 0 Å². The number of carbonyl (C=O) groups is 1. The van der Waals surface area contributed by atoms with Gasteiger partial charge in [0.05, 0.1) is 6.54 Å². The lowest BCUT2D eigenvalue weighted by molar-refractivity contribution is -0.115. The van der Waals surface area contributed by atoms with Crippen molar-refractivity contribution in [2.75, 3.05) is 5.32 Å². The zero-order valence-corrected chi connectivity index (χ0v) is 10.7. The van der Waals surface area contributed by atoms with Crippen molar-refractivity contribution in [3.05, 3.63) is 0 Å². The van der Waals surface area contributed by atoms with Crippen molar-refractivity contribution in [1.29, 1.82) is 0 Å². The summed E-state index contributed by atoms with van der Waals surface area (Å²) < 4.78 is -2.03. The Balaban J connectivity index is 2.55. The number of rotatable bonds is 4. The van der Waals surface area contributed by atoms with Gasteiger partial charge < -0.3 is 0 Å². The van der Waals surface area contributed by atoms with Gasteiger partial charge in [0.1, 0.15) is 0 Å². The highest BCUT2D eigenvalue weighted by molar-refractivity contribution is 6.76. The van der Waals surface area contributed by atoms with Crippen LogP contribution < -0.4 is 5.32 Å². The Labute approximate surface area is 107 Å². The van der Waals surface area contributed by atoms with Gasteiger partial charge in [0, 0.05) is 0 Å². The number of tetrazole rings is 1. The van der Waals surface area contributed by atoms with Gasteiger partial charge in [-0.05, 0) is 11.6 Å². The van der Waals surface area contributed by atoms with Crippen LogP contribution in [0.5, 0.6) is 0 Å². The molecule has 16 heavy (non-hydrogen) atoms. The maximum atomic E-state index is 11.2. The van der Waals surface area contributed by atoms with Crippen LogP contribution in [0.3, 0.4) is 0 Å². The van der Waals surface area contributed by atoms with Gasteiger partial charge in [-0.2, -0.15) is 4.80 Å². The minimum atomic E-state index is -2.03. The summed E-state index contributed by atoms with van der Waals surface area (Å²) in [6.45, 7) is 2.68. The summed E-state index contributed by atoms with van der Waals surface area (Å²) in [6, 6.07) is 0. The Morgan fingerprint density at radius 3 is 2.75 bits per heavy atom. The monoisotopic (exact) mass is 285 g/mol. The van der Waals surface area contributed by atoms with Crippen molar-refractivity contribution in [3.63, 3.8) is 0 Å². The summed E-state index contributed by atoms with van der Waals surface area (Å²) in [4.78, 5) is 12.6. The van der Waals surface area contributed by atoms with E-state index in [0.29, 0.717) is 6.54 Å². The predicted octanol–water partition coefficient (Wildman–Crippen LogP) is 1.78. The Morgan fingerprint density at radius 2 is 2.19 bits per heavy atom. The van der Waals surface area contributed by atoms with Crippen LogP contribution in [0.25, 0.3) is 0 Å². The first kappa shape index (κ1) is 13.5. The van der Waals surface area contributed by atoms with Crippen LogP contribution in [0, 0.1) is 0 Å². The minimum Gasteiger partial charge on any atom is -0.288 e. The van der Waals surface area contributed by atoms with Crippen LogP contribution in [0.1, 0.15) is 19.8 Å². The molecule has 90 valence electrons. The predicted molar refractivity (Wildman–Crippen MR) is 61.6 cm³/mol. The van der Waals surface area contributed by atoms with Gasteiger partial charge in [-0.3, -0.25) is 10.1 Å². The number of halogens is 3. The Hall–Kier alpha value is -0.590. The zero-order valence-electron chi connectivity index (χ0n) is 8.45. The van der Waals surface area contributed by atoms with Crippen LogP contribution >= 0.6 is 34.8 Å². The molecule has 0 unspecified atom stereocenters. The number of unbranched alkanes of at least 4 members (excludes halogenated alkanes) is 1. The molecule has 0 atom stereocenters. The van der Waals surface area contributed by atoms with E-state index in [1.807, 2.05) is 6.92 Å². The van der Waals surface area contributed by atoms with Crippen molar-refractivity contribution in [1.82, 2.24) is 20.2 Å². The highest BCUT2D eigenvalue weighted by Crippen LogP contribution is 2.26. The van der Waals surface area contributed by atoms with Gasteiger partial charge >= 0.3 is 0 Å². The summed E-state index contributed by atoms with van der Waals surface area (Å²) >= 11 is 16.1. The second kappa shape index (κ2) is 5.65. The molecule has 1 aromatic rings. The number of anilines is 1. The van der Waals surface area contributed by atoms with Crippen molar-refractivity contribution < 1.29 is 4.79 Å². The fraction of sp³-hybridized carbons (Fsp3) is 0.714. The average molecular weight is 287 g/mol.